The number of carbonyl (C=O) groups is 1. The molecule has 4 aliphatic rings. The van der Waals surface area contributed by atoms with Gasteiger partial charge in [0, 0.05) is 56.2 Å². The molecule has 1 N–H and O–H groups in total. The first-order valence-electron chi connectivity index (χ1n) is 11.7. The van der Waals surface area contributed by atoms with E-state index in [1.165, 1.54) is 17.7 Å². The van der Waals surface area contributed by atoms with E-state index in [2.05, 4.69) is 29.7 Å². The summed E-state index contributed by atoms with van der Waals surface area (Å²) in [4.78, 5) is 17.4. The number of allylic oxidation sites excluding steroid dienone is 1. The van der Waals surface area contributed by atoms with Crippen molar-refractivity contribution in [3.8, 4) is 0 Å². The summed E-state index contributed by atoms with van der Waals surface area (Å²) in [5.41, 5.74) is 2.05. The molecule has 6 heteroatoms. The second-order valence-corrected chi connectivity index (χ2v) is 10.1. The number of rotatable bonds is 3. The highest BCUT2D eigenvalue weighted by molar-refractivity contribution is 5.76. The minimum Gasteiger partial charge on any atom is -0.461 e. The SMILES string of the molecule is C[C@H]1CCC=C2C[C@H]3OC(=O)[C@H](CN4CCN(c5ccc(F)cc5)CC4)[C@@H]3[C@H](O)[C@@]21C. The Morgan fingerprint density at radius 2 is 1.90 bits per heavy atom. The molecular formula is C25H33FN2O3. The number of benzene rings is 1. The van der Waals surface area contributed by atoms with Crippen LogP contribution in [-0.2, 0) is 9.53 Å². The molecule has 1 saturated carbocycles. The number of nitrogens with zero attached hydrogens (tertiary/aromatic N) is 2. The minimum absolute atomic E-state index is 0.134. The monoisotopic (exact) mass is 428 g/mol. The van der Waals surface area contributed by atoms with Crippen LogP contribution in [0.4, 0.5) is 10.1 Å². The summed E-state index contributed by atoms with van der Waals surface area (Å²) in [6.07, 6.45) is 4.42. The van der Waals surface area contributed by atoms with Crippen LogP contribution in [-0.4, -0.2) is 60.9 Å². The number of hydrogen-bond donors (Lipinski definition) is 1. The average molecular weight is 429 g/mol. The molecule has 1 aromatic carbocycles. The van der Waals surface area contributed by atoms with Crippen molar-refractivity contribution in [3.05, 3.63) is 41.7 Å². The third-order valence-electron chi connectivity index (χ3n) is 8.59. The molecule has 0 aromatic heterocycles. The smallest absolute Gasteiger partial charge is 0.311 e. The molecule has 2 saturated heterocycles. The van der Waals surface area contributed by atoms with E-state index in [0.717, 1.165) is 51.1 Å². The summed E-state index contributed by atoms with van der Waals surface area (Å²) in [5.74, 6) is -0.374. The molecular weight excluding hydrogens is 395 g/mol. The molecule has 5 nitrogen and oxygen atoms in total. The fourth-order valence-corrected chi connectivity index (χ4v) is 6.39. The van der Waals surface area contributed by atoms with E-state index in [1.807, 2.05) is 12.1 Å². The van der Waals surface area contributed by atoms with Gasteiger partial charge >= 0.3 is 5.97 Å². The molecule has 5 rings (SSSR count). The van der Waals surface area contributed by atoms with Gasteiger partial charge in [0.05, 0.1) is 12.0 Å². The zero-order chi connectivity index (χ0) is 21.8. The second-order valence-electron chi connectivity index (χ2n) is 10.1. The highest BCUT2D eigenvalue weighted by atomic mass is 19.1. The van der Waals surface area contributed by atoms with Crippen LogP contribution in [0.3, 0.4) is 0 Å². The van der Waals surface area contributed by atoms with Crippen LogP contribution in [0, 0.1) is 29.0 Å². The van der Waals surface area contributed by atoms with Crippen molar-refractivity contribution >= 4 is 11.7 Å². The van der Waals surface area contributed by atoms with Gasteiger partial charge in [-0.25, -0.2) is 4.39 Å². The minimum atomic E-state index is -0.551. The highest BCUT2D eigenvalue weighted by Crippen LogP contribution is 2.56. The Morgan fingerprint density at radius 1 is 1.19 bits per heavy atom. The summed E-state index contributed by atoms with van der Waals surface area (Å²) in [5, 5.41) is 11.5. The Hall–Kier alpha value is -1.92. The predicted molar refractivity (Wildman–Crippen MR) is 117 cm³/mol. The normalized spacial score (nSPS) is 38.3. The number of hydrogen-bond acceptors (Lipinski definition) is 5. The molecule has 3 fully saturated rings. The molecule has 0 spiro atoms. The molecule has 2 aliphatic heterocycles. The van der Waals surface area contributed by atoms with Crippen molar-refractivity contribution in [3.63, 3.8) is 0 Å². The largest absolute Gasteiger partial charge is 0.461 e. The molecule has 0 bridgehead atoms. The Balaban J connectivity index is 1.27. The molecule has 0 amide bonds. The molecule has 0 unspecified atom stereocenters. The summed E-state index contributed by atoms with van der Waals surface area (Å²) >= 11 is 0. The van der Waals surface area contributed by atoms with Crippen molar-refractivity contribution in [2.45, 2.75) is 45.3 Å². The number of halogens is 1. The van der Waals surface area contributed by atoms with Crippen molar-refractivity contribution in [1.29, 1.82) is 0 Å². The van der Waals surface area contributed by atoms with E-state index in [-0.39, 0.29) is 35.1 Å². The average Bonchev–Trinajstić information content (AvgIpc) is 3.07. The van der Waals surface area contributed by atoms with Crippen molar-refractivity contribution in [2.75, 3.05) is 37.6 Å². The Kier molecular flexibility index (Phi) is 5.33. The summed E-state index contributed by atoms with van der Waals surface area (Å²) < 4.78 is 19.0. The molecule has 168 valence electrons. The van der Waals surface area contributed by atoms with E-state index in [1.54, 1.807) is 0 Å². The van der Waals surface area contributed by atoms with Crippen LogP contribution in [0.2, 0.25) is 0 Å². The maximum Gasteiger partial charge on any atom is 0.311 e. The van der Waals surface area contributed by atoms with Gasteiger partial charge in [-0.3, -0.25) is 9.69 Å². The predicted octanol–water partition coefficient (Wildman–Crippen LogP) is 3.23. The standard InChI is InChI=1S/C25H33FN2O3/c1-16-4-3-5-17-14-21-22(23(29)25(16,17)2)20(24(30)31-21)15-27-10-12-28(13-11-27)19-8-6-18(26)7-9-19/h5-9,16,20-23,29H,3-4,10-15H2,1-2H3/t16-,20+,21+,22-,23-,25+/m0/s1. The number of fused-ring (bicyclic) bond motifs is 2. The second kappa shape index (κ2) is 7.89. The lowest BCUT2D eigenvalue weighted by molar-refractivity contribution is -0.145. The van der Waals surface area contributed by atoms with E-state index >= 15 is 0 Å². The van der Waals surface area contributed by atoms with Gasteiger partial charge in [-0.15, -0.1) is 0 Å². The van der Waals surface area contributed by atoms with Crippen LogP contribution in [0.25, 0.3) is 0 Å². The first kappa shape index (κ1) is 21.0. The molecule has 2 heterocycles. The summed E-state index contributed by atoms with van der Waals surface area (Å²) in [7, 11) is 0. The van der Waals surface area contributed by atoms with E-state index in [0.29, 0.717) is 12.5 Å². The van der Waals surface area contributed by atoms with E-state index < -0.39 is 6.10 Å². The maximum atomic E-state index is 13.2. The third-order valence-corrected chi connectivity index (χ3v) is 8.59. The van der Waals surface area contributed by atoms with Crippen LogP contribution in [0.15, 0.2) is 35.9 Å². The van der Waals surface area contributed by atoms with Crippen molar-refractivity contribution < 1.29 is 19.0 Å². The third kappa shape index (κ3) is 3.48. The molecule has 1 aromatic rings. The Bertz CT molecular complexity index is 864. The van der Waals surface area contributed by atoms with Gasteiger partial charge in [0.25, 0.3) is 0 Å². The quantitative estimate of drug-likeness (QED) is 0.592. The number of carbonyl (C=O) groups excluding carboxylic acids is 1. The van der Waals surface area contributed by atoms with Gasteiger partial charge in [-0.1, -0.05) is 25.5 Å². The zero-order valence-corrected chi connectivity index (χ0v) is 18.5. The van der Waals surface area contributed by atoms with Crippen LogP contribution in [0.1, 0.15) is 33.1 Å². The Labute approximate surface area is 183 Å². The lowest BCUT2D eigenvalue weighted by Gasteiger charge is -2.52. The van der Waals surface area contributed by atoms with Gasteiger partial charge in [0.1, 0.15) is 11.9 Å². The first-order valence-corrected chi connectivity index (χ1v) is 11.7. The van der Waals surface area contributed by atoms with Gasteiger partial charge in [0.2, 0.25) is 0 Å². The van der Waals surface area contributed by atoms with Gasteiger partial charge in [-0.05, 0) is 43.0 Å². The number of anilines is 1. The number of esters is 1. The van der Waals surface area contributed by atoms with Crippen LogP contribution < -0.4 is 4.90 Å². The number of piperazine rings is 1. The van der Waals surface area contributed by atoms with Gasteiger partial charge in [0.15, 0.2) is 0 Å². The van der Waals surface area contributed by atoms with E-state index in [9.17, 15) is 14.3 Å². The van der Waals surface area contributed by atoms with Crippen LogP contribution in [0.5, 0.6) is 0 Å². The fourth-order valence-electron chi connectivity index (χ4n) is 6.39. The van der Waals surface area contributed by atoms with Gasteiger partial charge < -0.3 is 14.7 Å². The van der Waals surface area contributed by atoms with Crippen molar-refractivity contribution in [1.82, 2.24) is 4.90 Å². The number of ether oxygens (including phenoxy) is 1. The Morgan fingerprint density at radius 3 is 2.61 bits per heavy atom. The zero-order valence-electron chi connectivity index (χ0n) is 18.5. The van der Waals surface area contributed by atoms with Crippen molar-refractivity contribution in [2.24, 2.45) is 23.2 Å². The molecule has 6 atom stereocenters. The van der Waals surface area contributed by atoms with E-state index in [4.69, 9.17) is 4.74 Å². The lowest BCUT2D eigenvalue weighted by Crippen LogP contribution is -2.55. The topological polar surface area (TPSA) is 53.0 Å². The summed E-state index contributed by atoms with van der Waals surface area (Å²) in [6.45, 7) is 8.42. The molecule has 31 heavy (non-hydrogen) atoms. The maximum absolute atomic E-state index is 13.2. The lowest BCUT2D eigenvalue weighted by atomic mass is 9.55. The highest BCUT2D eigenvalue weighted by Gasteiger charge is 2.59. The number of aliphatic hydroxyl groups is 1. The van der Waals surface area contributed by atoms with Crippen LogP contribution >= 0.6 is 0 Å². The number of aliphatic hydroxyl groups excluding tert-OH is 1. The summed E-state index contributed by atoms with van der Waals surface area (Å²) in [6, 6.07) is 6.63. The van der Waals surface area contributed by atoms with Gasteiger partial charge in [-0.2, -0.15) is 0 Å². The molecule has 2 aliphatic carbocycles. The molecule has 0 radical (unpaired) electrons. The fraction of sp³-hybridized carbons (Fsp3) is 0.640. The first-order chi connectivity index (χ1) is 14.9.